The number of likely N-dealkylation sites (tertiary alicyclic amines) is 1. The molecule has 0 aromatic heterocycles. The number of nitrogens with zero attached hydrogens (tertiary/aromatic N) is 1. The molecule has 0 spiro atoms. The number of benzene rings is 2. The molecule has 0 amide bonds. The number of phenols is 1. The first kappa shape index (κ1) is 14.9. The van der Waals surface area contributed by atoms with Gasteiger partial charge in [-0.05, 0) is 42.3 Å². The highest BCUT2D eigenvalue weighted by Crippen LogP contribution is 2.35. The van der Waals surface area contributed by atoms with E-state index in [1.807, 2.05) is 11.0 Å². The number of aliphatic hydroxyl groups excluding tert-OH is 1. The van der Waals surface area contributed by atoms with Gasteiger partial charge in [-0.25, -0.2) is 8.78 Å². The van der Waals surface area contributed by atoms with Crippen molar-refractivity contribution >= 4 is 0 Å². The summed E-state index contributed by atoms with van der Waals surface area (Å²) in [6, 6.07) is 9.79. The highest BCUT2D eigenvalue weighted by molar-refractivity contribution is 5.28. The Balaban J connectivity index is 1.87. The molecule has 116 valence electrons. The molecule has 3 nitrogen and oxygen atoms in total. The van der Waals surface area contributed by atoms with Crippen molar-refractivity contribution in [1.29, 1.82) is 0 Å². The molecule has 1 heterocycles. The molecule has 5 heteroatoms. The summed E-state index contributed by atoms with van der Waals surface area (Å²) in [5, 5.41) is 19.4. The van der Waals surface area contributed by atoms with Crippen LogP contribution in [0.3, 0.4) is 0 Å². The van der Waals surface area contributed by atoms with Crippen molar-refractivity contribution in [3.63, 3.8) is 0 Å². The second kappa shape index (κ2) is 6.02. The lowest BCUT2D eigenvalue weighted by Gasteiger charge is -2.25. The molecular formula is C17H17F2NO2. The normalized spacial score (nSPS) is 22.1. The summed E-state index contributed by atoms with van der Waals surface area (Å²) in [4.78, 5) is 1.90. The molecule has 0 saturated carbocycles. The average Bonchev–Trinajstić information content (AvgIpc) is 2.82. The molecule has 1 saturated heterocycles. The largest absolute Gasteiger partial charge is 0.508 e. The molecule has 1 aliphatic rings. The van der Waals surface area contributed by atoms with Gasteiger partial charge in [0.15, 0.2) is 0 Å². The molecule has 2 unspecified atom stereocenters. The van der Waals surface area contributed by atoms with Crippen LogP contribution in [0.15, 0.2) is 42.5 Å². The van der Waals surface area contributed by atoms with E-state index in [2.05, 4.69) is 0 Å². The maximum absolute atomic E-state index is 14.0. The van der Waals surface area contributed by atoms with E-state index in [4.69, 9.17) is 0 Å². The Bertz CT molecular complexity index is 677. The van der Waals surface area contributed by atoms with Gasteiger partial charge in [0.1, 0.15) is 17.4 Å². The topological polar surface area (TPSA) is 43.7 Å². The Hall–Kier alpha value is -1.98. The molecule has 22 heavy (non-hydrogen) atoms. The average molecular weight is 305 g/mol. The smallest absolute Gasteiger partial charge is 0.128 e. The summed E-state index contributed by atoms with van der Waals surface area (Å²) in [5.74, 6) is -0.803. The third-order valence-corrected chi connectivity index (χ3v) is 3.99. The van der Waals surface area contributed by atoms with Gasteiger partial charge in [-0.15, -0.1) is 0 Å². The number of β-amino-alcohol motifs (C(OH)–C–C–N with tert-alkyl or cyclic N) is 1. The third-order valence-electron chi connectivity index (χ3n) is 3.99. The van der Waals surface area contributed by atoms with Gasteiger partial charge >= 0.3 is 0 Å². The second-order valence-electron chi connectivity index (χ2n) is 5.67. The number of hydrogen-bond donors (Lipinski definition) is 2. The molecular weight excluding hydrogens is 288 g/mol. The zero-order chi connectivity index (χ0) is 15.7. The molecule has 0 bridgehead atoms. The van der Waals surface area contributed by atoms with Crippen molar-refractivity contribution < 1.29 is 19.0 Å². The predicted octanol–water partition coefficient (Wildman–Crippen LogP) is 2.98. The third kappa shape index (κ3) is 3.10. The highest BCUT2D eigenvalue weighted by atomic mass is 19.1. The van der Waals surface area contributed by atoms with Crippen molar-refractivity contribution in [1.82, 2.24) is 4.90 Å². The first-order chi connectivity index (χ1) is 10.5. The van der Waals surface area contributed by atoms with Gasteiger partial charge in [0, 0.05) is 24.7 Å². The van der Waals surface area contributed by atoms with Gasteiger partial charge in [-0.2, -0.15) is 0 Å². The van der Waals surface area contributed by atoms with Crippen LogP contribution in [0.2, 0.25) is 0 Å². The SMILES string of the molecule is Oc1cccc(CN2CC(O)CC2c2cc(F)ccc2F)c1. The van der Waals surface area contributed by atoms with Crippen LogP contribution in [0.5, 0.6) is 5.75 Å². The minimum atomic E-state index is -0.579. The Labute approximate surface area is 127 Å². The molecule has 1 aliphatic heterocycles. The van der Waals surface area contributed by atoms with Crippen molar-refractivity contribution in [2.75, 3.05) is 6.54 Å². The first-order valence-electron chi connectivity index (χ1n) is 7.18. The monoisotopic (exact) mass is 305 g/mol. The fraction of sp³-hybridized carbons (Fsp3) is 0.294. The molecule has 0 aliphatic carbocycles. The Morgan fingerprint density at radius 2 is 1.95 bits per heavy atom. The van der Waals surface area contributed by atoms with E-state index in [1.54, 1.807) is 18.2 Å². The second-order valence-corrected chi connectivity index (χ2v) is 5.67. The number of phenolic OH excluding ortho intramolecular Hbond substituents is 1. The van der Waals surface area contributed by atoms with Gasteiger partial charge in [0.25, 0.3) is 0 Å². The van der Waals surface area contributed by atoms with E-state index in [9.17, 15) is 19.0 Å². The predicted molar refractivity (Wildman–Crippen MR) is 78.2 cm³/mol. The number of aliphatic hydroxyl groups is 1. The Kier molecular flexibility index (Phi) is 4.09. The molecule has 0 radical (unpaired) electrons. The van der Waals surface area contributed by atoms with Crippen LogP contribution < -0.4 is 0 Å². The molecule has 2 atom stereocenters. The van der Waals surface area contributed by atoms with Crippen LogP contribution in [0.4, 0.5) is 8.78 Å². The lowest BCUT2D eigenvalue weighted by molar-refractivity contribution is 0.172. The molecule has 2 N–H and O–H groups in total. The Morgan fingerprint density at radius 3 is 2.73 bits per heavy atom. The lowest BCUT2D eigenvalue weighted by atomic mass is 10.0. The molecule has 3 rings (SSSR count). The molecule has 2 aromatic carbocycles. The summed E-state index contributed by atoms with van der Waals surface area (Å²) in [6.07, 6.45) is -0.218. The van der Waals surface area contributed by atoms with Crippen LogP contribution in [-0.2, 0) is 6.54 Å². The van der Waals surface area contributed by atoms with Gasteiger partial charge in [0.05, 0.1) is 6.10 Å². The van der Waals surface area contributed by atoms with Crippen molar-refractivity contribution in [2.24, 2.45) is 0 Å². The summed E-state index contributed by atoms with van der Waals surface area (Å²) >= 11 is 0. The van der Waals surface area contributed by atoms with Gasteiger partial charge in [-0.1, -0.05) is 12.1 Å². The number of hydrogen-bond acceptors (Lipinski definition) is 3. The van der Waals surface area contributed by atoms with Crippen LogP contribution in [-0.4, -0.2) is 27.8 Å². The van der Waals surface area contributed by atoms with Gasteiger partial charge in [0.2, 0.25) is 0 Å². The summed E-state index contributed by atoms with van der Waals surface area (Å²) < 4.78 is 27.4. The Morgan fingerprint density at radius 1 is 1.14 bits per heavy atom. The van der Waals surface area contributed by atoms with Crippen LogP contribution in [0, 0.1) is 11.6 Å². The van der Waals surface area contributed by atoms with E-state index in [0.717, 1.165) is 17.7 Å². The fourth-order valence-corrected chi connectivity index (χ4v) is 3.04. The van der Waals surface area contributed by atoms with E-state index < -0.39 is 17.7 Å². The van der Waals surface area contributed by atoms with E-state index >= 15 is 0 Å². The zero-order valence-corrected chi connectivity index (χ0v) is 11.9. The standard InChI is InChI=1S/C17H17F2NO2/c18-12-4-5-16(19)15(7-12)17-8-14(22)10-20(17)9-11-2-1-3-13(21)6-11/h1-7,14,17,21-22H,8-10H2. The first-order valence-corrected chi connectivity index (χ1v) is 7.18. The number of halogens is 2. The van der Waals surface area contributed by atoms with E-state index in [-0.39, 0.29) is 17.4 Å². The summed E-state index contributed by atoms with van der Waals surface area (Å²) in [7, 11) is 0. The molecule has 1 fully saturated rings. The minimum Gasteiger partial charge on any atom is -0.508 e. The minimum absolute atomic E-state index is 0.158. The highest BCUT2D eigenvalue weighted by Gasteiger charge is 2.33. The van der Waals surface area contributed by atoms with Crippen molar-refractivity contribution in [3.8, 4) is 5.75 Å². The van der Waals surface area contributed by atoms with Gasteiger partial charge < -0.3 is 10.2 Å². The fourth-order valence-electron chi connectivity index (χ4n) is 3.04. The zero-order valence-electron chi connectivity index (χ0n) is 11.9. The summed E-state index contributed by atoms with van der Waals surface area (Å²) in [5.41, 5.74) is 1.12. The van der Waals surface area contributed by atoms with E-state index in [1.165, 1.54) is 6.07 Å². The number of rotatable bonds is 3. The van der Waals surface area contributed by atoms with Crippen molar-refractivity contribution in [2.45, 2.75) is 25.1 Å². The van der Waals surface area contributed by atoms with Crippen molar-refractivity contribution in [3.05, 3.63) is 65.2 Å². The van der Waals surface area contributed by atoms with Gasteiger partial charge in [-0.3, -0.25) is 4.90 Å². The quantitative estimate of drug-likeness (QED) is 0.916. The maximum Gasteiger partial charge on any atom is 0.128 e. The molecule has 2 aromatic rings. The van der Waals surface area contributed by atoms with Crippen LogP contribution in [0.25, 0.3) is 0 Å². The summed E-state index contributed by atoms with van der Waals surface area (Å²) in [6.45, 7) is 0.836. The number of aromatic hydroxyl groups is 1. The lowest BCUT2D eigenvalue weighted by Crippen LogP contribution is -2.25. The van der Waals surface area contributed by atoms with Crippen LogP contribution >= 0.6 is 0 Å². The van der Waals surface area contributed by atoms with E-state index in [0.29, 0.717) is 19.5 Å². The van der Waals surface area contributed by atoms with Crippen LogP contribution in [0.1, 0.15) is 23.6 Å². The maximum atomic E-state index is 14.0.